The van der Waals surface area contributed by atoms with Gasteiger partial charge in [-0.15, -0.1) is 0 Å². The molecule has 1 heterocycles. The first-order chi connectivity index (χ1) is 5.19. The van der Waals surface area contributed by atoms with Gasteiger partial charge in [0.2, 0.25) is 0 Å². The van der Waals surface area contributed by atoms with E-state index in [0.717, 1.165) is 0 Å². The van der Waals surface area contributed by atoms with Crippen LogP contribution in [0.2, 0.25) is 0 Å². The molecule has 1 rings (SSSR count). The smallest absolute Gasteiger partial charge is 0.331 e. The number of hydrogen-bond donors (Lipinski definition) is 1. The highest BCUT2D eigenvalue weighted by Crippen LogP contribution is 2.17. The lowest BCUT2D eigenvalue weighted by Gasteiger charge is -2.21. The molecule has 1 atom stereocenters. The molecule has 3 nitrogen and oxygen atoms in total. The largest absolute Gasteiger partial charge is 0.464 e. The Hall–Kier alpha value is -0.990. The summed E-state index contributed by atoms with van der Waals surface area (Å²) in [5, 5.41) is 2.96. The van der Waals surface area contributed by atoms with Crippen LogP contribution in [-0.2, 0) is 9.53 Å². The summed E-state index contributed by atoms with van der Waals surface area (Å²) in [5.41, 5.74) is -0.518. The van der Waals surface area contributed by atoms with Crippen LogP contribution in [0, 0.1) is 0 Å². The predicted molar refractivity (Wildman–Crippen MR) is 41.9 cm³/mol. The average molecular weight is 155 g/mol. The topological polar surface area (TPSA) is 38.3 Å². The molecule has 0 saturated heterocycles. The summed E-state index contributed by atoms with van der Waals surface area (Å²) in [7, 11) is 0. The highest BCUT2D eigenvalue weighted by molar-refractivity contribution is 5.81. The zero-order chi connectivity index (χ0) is 8.32. The molecule has 0 aromatic carbocycles. The van der Waals surface area contributed by atoms with Crippen molar-refractivity contribution in [3.63, 3.8) is 0 Å². The molecule has 62 valence electrons. The number of nitrogens with one attached hydrogen (secondary N) is 1. The Kier molecular flexibility index (Phi) is 2.17. The fraction of sp³-hybridized carbons (Fsp3) is 0.625. The zero-order valence-corrected chi connectivity index (χ0v) is 6.89. The molecule has 0 aliphatic carbocycles. The van der Waals surface area contributed by atoms with E-state index >= 15 is 0 Å². The summed E-state index contributed by atoms with van der Waals surface area (Å²) < 4.78 is 4.89. The average Bonchev–Trinajstić information content (AvgIpc) is 2.38. The van der Waals surface area contributed by atoms with E-state index in [-0.39, 0.29) is 5.97 Å². The number of carbonyl (C=O) groups is 1. The molecule has 1 N–H and O–H groups in total. The molecule has 0 aromatic heterocycles. The Bertz CT molecular complexity index is 179. The van der Waals surface area contributed by atoms with Crippen LogP contribution in [0.15, 0.2) is 12.3 Å². The van der Waals surface area contributed by atoms with Crippen LogP contribution in [0.3, 0.4) is 0 Å². The van der Waals surface area contributed by atoms with Gasteiger partial charge in [-0.25, -0.2) is 4.79 Å². The first-order valence-electron chi connectivity index (χ1n) is 3.79. The number of ether oxygens (including phenoxy) is 1. The molecule has 1 aliphatic rings. The molecule has 0 aromatic rings. The molecule has 0 amide bonds. The second-order valence-corrected chi connectivity index (χ2v) is 2.80. The Morgan fingerprint density at radius 3 is 3.00 bits per heavy atom. The summed E-state index contributed by atoms with van der Waals surface area (Å²) in [6, 6.07) is 0. The molecule has 11 heavy (non-hydrogen) atoms. The van der Waals surface area contributed by atoms with Crippen molar-refractivity contribution in [3.05, 3.63) is 12.3 Å². The van der Waals surface area contributed by atoms with Crippen molar-refractivity contribution >= 4 is 5.97 Å². The van der Waals surface area contributed by atoms with Crippen molar-refractivity contribution in [2.24, 2.45) is 0 Å². The van der Waals surface area contributed by atoms with Crippen molar-refractivity contribution in [2.45, 2.75) is 25.8 Å². The maximum Gasteiger partial charge on any atom is 0.331 e. The first-order valence-corrected chi connectivity index (χ1v) is 3.79. The van der Waals surface area contributed by atoms with Crippen molar-refractivity contribution in [3.8, 4) is 0 Å². The molecule has 0 bridgehead atoms. The van der Waals surface area contributed by atoms with Crippen molar-refractivity contribution < 1.29 is 9.53 Å². The summed E-state index contributed by atoms with van der Waals surface area (Å²) in [6.45, 7) is 4.09. The fourth-order valence-electron chi connectivity index (χ4n) is 1.03. The van der Waals surface area contributed by atoms with Crippen LogP contribution in [0.4, 0.5) is 0 Å². The van der Waals surface area contributed by atoms with Crippen LogP contribution in [0.1, 0.15) is 20.3 Å². The predicted octanol–water partition coefficient (Wildman–Crippen LogP) is 0.815. The van der Waals surface area contributed by atoms with E-state index in [0.29, 0.717) is 13.0 Å². The lowest BCUT2D eigenvalue weighted by molar-refractivity contribution is -0.149. The molecule has 0 saturated carbocycles. The van der Waals surface area contributed by atoms with E-state index in [1.54, 1.807) is 6.20 Å². The fourth-order valence-corrected chi connectivity index (χ4v) is 1.03. The van der Waals surface area contributed by atoms with Crippen molar-refractivity contribution in [2.75, 3.05) is 6.61 Å². The minimum atomic E-state index is -0.518. The Morgan fingerprint density at radius 2 is 2.55 bits per heavy atom. The summed E-state index contributed by atoms with van der Waals surface area (Å²) >= 11 is 0. The summed E-state index contributed by atoms with van der Waals surface area (Å²) in [6.07, 6.45) is 4.43. The summed E-state index contributed by atoms with van der Waals surface area (Å²) in [4.78, 5) is 11.2. The standard InChI is InChI=1S/C8H13NO2/c1-3-11-7(10)8(2)5-4-6-9-8/h4,6,9H,3,5H2,1-2H3. The normalized spacial score (nSPS) is 28.2. The van der Waals surface area contributed by atoms with E-state index in [1.807, 2.05) is 19.9 Å². The molecule has 1 aliphatic heterocycles. The van der Waals surface area contributed by atoms with Gasteiger partial charge in [-0.3, -0.25) is 0 Å². The second-order valence-electron chi connectivity index (χ2n) is 2.80. The van der Waals surface area contributed by atoms with E-state index in [9.17, 15) is 4.79 Å². The van der Waals surface area contributed by atoms with Gasteiger partial charge < -0.3 is 10.1 Å². The quantitative estimate of drug-likeness (QED) is 0.600. The molecular weight excluding hydrogens is 142 g/mol. The number of hydrogen-bond acceptors (Lipinski definition) is 3. The minimum Gasteiger partial charge on any atom is -0.464 e. The highest BCUT2D eigenvalue weighted by Gasteiger charge is 2.34. The monoisotopic (exact) mass is 155 g/mol. The molecule has 0 radical (unpaired) electrons. The van der Waals surface area contributed by atoms with Gasteiger partial charge in [-0.05, 0) is 20.0 Å². The second kappa shape index (κ2) is 2.95. The Balaban J connectivity index is 2.51. The van der Waals surface area contributed by atoms with Crippen molar-refractivity contribution in [1.82, 2.24) is 5.32 Å². The maximum atomic E-state index is 11.2. The van der Waals surface area contributed by atoms with Crippen LogP contribution >= 0.6 is 0 Å². The van der Waals surface area contributed by atoms with Crippen molar-refractivity contribution in [1.29, 1.82) is 0 Å². The van der Waals surface area contributed by atoms with E-state index in [4.69, 9.17) is 4.74 Å². The molecule has 0 spiro atoms. The lowest BCUT2D eigenvalue weighted by Crippen LogP contribution is -2.44. The van der Waals surface area contributed by atoms with Gasteiger partial charge in [-0.2, -0.15) is 0 Å². The van der Waals surface area contributed by atoms with Gasteiger partial charge in [0, 0.05) is 6.42 Å². The van der Waals surface area contributed by atoms with Crippen LogP contribution in [0.5, 0.6) is 0 Å². The number of rotatable bonds is 2. The van der Waals surface area contributed by atoms with Gasteiger partial charge in [0.05, 0.1) is 6.61 Å². The van der Waals surface area contributed by atoms with Crippen LogP contribution < -0.4 is 5.32 Å². The zero-order valence-electron chi connectivity index (χ0n) is 6.89. The molecule has 0 fully saturated rings. The third-order valence-electron chi connectivity index (χ3n) is 1.77. The van der Waals surface area contributed by atoms with Gasteiger partial charge in [0.1, 0.15) is 5.54 Å². The third-order valence-corrected chi connectivity index (χ3v) is 1.77. The molecule has 1 unspecified atom stereocenters. The number of esters is 1. The number of carbonyl (C=O) groups excluding carboxylic acids is 1. The first kappa shape index (κ1) is 8.11. The van der Waals surface area contributed by atoms with Gasteiger partial charge in [0.15, 0.2) is 0 Å². The van der Waals surface area contributed by atoms with Gasteiger partial charge in [-0.1, -0.05) is 6.08 Å². The van der Waals surface area contributed by atoms with Gasteiger partial charge >= 0.3 is 5.97 Å². The Morgan fingerprint density at radius 1 is 1.82 bits per heavy atom. The Labute approximate surface area is 66.4 Å². The lowest BCUT2D eigenvalue weighted by atomic mass is 10.0. The van der Waals surface area contributed by atoms with Gasteiger partial charge in [0.25, 0.3) is 0 Å². The third kappa shape index (κ3) is 1.53. The van der Waals surface area contributed by atoms with E-state index < -0.39 is 5.54 Å². The summed E-state index contributed by atoms with van der Waals surface area (Å²) in [5.74, 6) is -0.176. The van der Waals surface area contributed by atoms with E-state index in [1.165, 1.54) is 0 Å². The molecular formula is C8H13NO2. The maximum absolute atomic E-state index is 11.2. The highest BCUT2D eigenvalue weighted by atomic mass is 16.5. The minimum absolute atomic E-state index is 0.176. The van der Waals surface area contributed by atoms with Crippen LogP contribution in [0.25, 0.3) is 0 Å². The van der Waals surface area contributed by atoms with Crippen LogP contribution in [-0.4, -0.2) is 18.1 Å². The SMILES string of the molecule is CCOC(=O)C1(C)CC=CN1. The van der Waals surface area contributed by atoms with E-state index in [2.05, 4.69) is 5.32 Å². The molecule has 3 heteroatoms.